The Labute approximate surface area is 171 Å². The third-order valence-electron chi connectivity index (χ3n) is 4.15. The Kier molecular flexibility index (Phi) is 7.70. The maximum absolute atomic E-state index is 12.8. The smallest absolute Gasteiger partial charge is 0.330 e. The molecule has 0 spiro atoms. The maximum atomic E-state index is 12.8. The predicted octanol–water partition coefficient (Wildman–Crippen LogP) is 3.44. The van der Waals surface area contributed by atoms with Crippen molar-refractivity contribution in [2.75, 3.05) is 32.2 Å². The van der Waals surface area contributed by atoms with Crippen molar-refractivity contribution in [3.05, 3.63) is 48.0 Å². The van der Waals surface area contributed by atoms with Gasteiger partial charge in [-0.3, -0.25) is 15.2 Å². The number of anilines is 1. The molecule has 8 nitrogen and oxygen atoms in total. The van der Waals surface area contributed by atoms with Crippen molar-refractivity contribution >= 4 is 17.7 Å². The lowest BCUT2D eigenvalue weighted by Crippen LogP contribution is -2.45. The van der Waals surface area contributed by atoms with E-state index in [9.17, 15) is 4.79 Å². The minimum atomic E-state index is -0.500. The Bertz CT molecular complexity index is 842. The van der Waals surface area contributed by atoms with E-state index in [1.165, 1.54) is 11.9 Å². The summed E-state index contributed by atoms with van der Waals surface area (Å²) in [6, 6.07) is 12.7. The molecule has 0 aliphatic rings. The second kappa shape index (κ2) is 10.2. The van der Waals surface area contributed by atoms with E-state index in [0.29, 0.717) is 42.8 Å². The molecule has 0 aromatic heterocycles. The normalized spacial score (nSPS) is 10.2. The van der Waals surface area contributed by atoms with Crippen LogP contribution in [-0.4, -0.2) is 44.2 Å². The predicted molar refractivity (Wildman–Crippen MR) is 113 cm³/mol. The molecule has 2 rings (SSSR count). The van der Waals surface area contributed by atoms with Crippen LogP contribution in [0.2, 0.25) is 0 Å². The van der Waals surface area contributed by atoms with Gasteiger partial charge in [0.15, 0.2) is 17.5 Å². The van der Waals surface area contributed by atoms with E-state index in [2.05, 4.69) is 0 Å². The number of guanidine groups is 1. The van der Waals surface area contributed by atoms with Crippen LogP contribution in [0.3, 0.4) is 0 Å². The topological polar surface area (TPSA) is 101 Å². The van der Waals surface area contributed by atoms with Crippen LogP contribution in [0.5, 0.6) is 17.2 Å². The summed E-state index contributed by atoms with van der Waals surface area (Å²) in [5.74, 6) is 0.978. The lowest BCUT2D eigenvalue weighted by molar-refractivity contribution is 0.232. The van der Waals surface area contributed by atoms with Gasteiger partial charge in [0, 0.05) is 14.1 Å². The SMILES string of the molecule is CCOc1ccc(OCc2ccccc2)c(OCC)c1N(C)C(=O)N(C)C(=N)N. The largest absolute Gasteiger partial charge is 0.492 e. The molecule has 0 bridgehead atoms. The molecule has 0 fully saturated rings. The molecule has 156 valence electrons. The van der Waals surface area contributed by atoms with Gasteiger partial charge in [-0.1, -0.05) is 30.3 Å². The molecule has 0 heterocycles. The quantitative estimate of drug-likeness (QED) is 0.522. The number of ether oxygens (including phenoxy) is 3. The first-order chi connectivity index (χ1) is 13.9. The van der Waals surface area contributed by atoms with Gasteiger partial charge in [-0.15, -0.1) is 0 Å². The summed E-state index contributed by atoms with van der Waals surface area (Å²) in [7, 11) is 3.00. The van der Waals surface area contributed by atoms with Gasteiger partial charge in [0.05, 0.1) is 13.2 Å². The molecule has 3 N–H and O–H groups in total. The first kappa shape index (κ1) is 21.9. The molecular weight excluding hydrogens is 372 g/mol. The van der Waals surface area contributed by atoms with Crippen molar-refractivity contribution in [3.63, 3.8) is 0 Å². The van der Waals surface area contributed by atoms with Crippen LogP contribution < -0.4 is 24.8 Å². The maximum Gasteiger partial charge on any atom is 0.330 e. The number of hydrogen-bond acceptors (Lipinski definition) is 5. The van der Waals surface area contributed by atoms with E-state index in [-0.39, 0.29) is 5.96 Å². The highest BCUT2D eigenvalue weighted by atomic mass is 16.5. The highest BCUT2D eigenvalue weighted by Gasteiger charge is 2.27. The third-order valence-corrected chi connectivity index (χ3v) is 4.15. The first-order valence-corrected chi connectivity index (χ1v) is 9.35. The fourth-order valence-electron chi connectivity index (χ4n) is 2.68. The molecule has 0 aliphatic carbocycles. The van der Waals surface area contributed by atoms with Gasteiger partial charge in [0.25, 0.3) is 0 Å². The van der Waals surface area contributed by atoms with Crippen LogP contribution in [0.15, 0.2) is 42.5 Å². The number of nitrogens with two attached hydrogens (primary N) is 1. The van der Waals surface area contributed by atoms with E-state index in [4.69, 9.17) is 25.4 Å². The highest BCUT2D eigenvalue weighted by molar-refractivity contribution is 6.03. The molecule has 29 heavy (non-hydrogen) atoms. The lowest BCUT2D eigenvalue weighted by atomic mass is 10.2. The number of carbonyl (C=O) groups is 1. The molecule has 0 radical (unpaired) electrons. The van der Waals surface area contributed by atoms with Crippen LogP contribution in [-0.2, 0) is 6.61 Å². The van der Waals surface area contributed by atoms with Crippen molar-refractivity contribution in [2.24, 2.45) is 5.73 Å². The summed E-state index contributed by atoms with van der Waals surface area (Å²) in [6.07, 6.45) is 0. The van der Waals surface area contributed by atoms with E-state index in [1.54, 1.807) is 19.2 Å². The van der Waals surface area contributed by atoms with Crippen LogP contribution in [0.25, 0.3) is 0 Å². The summed E-state index contributed by atoms with van der Waals surface area (Å²) in [5, 5.41) is 7.53. The molecule has 0 saturated heterocycles. The zero-order valence-corrected chi connectivity index (χ0v) is 17.3. The molecule has 2 aromatic carbocycles. The van der Waals surface area contributed by atoms with Crippen molar-refractivity contribution in [2.45, 2.75) is 20.5 Å². The van der Waals surface area contributed by atoms with Crippen LogP contribution in [0, 0.1) is 5.41 Å². The number of nitrogens with one attached hydrogen (secondary N) is 1. The monoisotopic (exact) mass is 400 g/mol. The Morgan fingerprint density at radius 1 is 0.966 bits per heavy atom. The number of carbonyl (C=O) groups excluding carboxylic acids is 1. The number of hydrogen-bond donors (Lipinski definition) is 2. The molecule has 0 atom stereocenters. The summed E-state index contributed by atoms with van der Waals surface area (Å²) in [4.78, 5) is 15.1. The molecule has 0 aliphatic heterocycles. The third kappa shape index (κ3) is 5.31. The lowest BCUT2D eigenvalue weighted by Gasteiger charge is -2.28. The number of rotatable bonds is 8. The van der Waals surface area contributed by atoms with Crippen molar-refractivity contribution in [1.29, 1.82) is 5.41 Å². The second-order valence-corrected chi connectivity index (χ2v) is 6.17. The van der Waals surface area contributed by atoms with Gasteiger partial charge in [-0.2, -0.15) is 0 Å². The van der Waals surface area contributed by atoms with Crippen LogP contribution in [0.1, 0.15) is 19.4 Å². The van der Waals surface area contributed by atoms with Gasteiger partial charge >= 0.3 is 6.03 Å². The second-order valence-electron chi connectivity index (χ2n) is 6.17. The van der Waals surface area contributed by atoms with Gasteiger partial charge in [0.2, 0.25) is 0 Å². The number of benzene rings is 2. The van der Waals surface area contributed by atoms with Gasteiger partial charge in [0.1, 0.15) is 18.0 Å². The molecule has 0 saturated carbocycles. The fraction of sp³-hybridized carbons (Fsp3) is 0.333. The Balaban J connectivity index is 2.46. The van der Waals surface area contributed by atoms with E-state index >= 15 is 0 Å². The average molecular weight is 400 g/mol. The number of amides is 2. The van der Waals surface area contributed by atoms with E-state index in [1.807, 2.05) is 44.2 Å². The summed E-state index contributed by atoms with van der Waals surface area (Å²) in [5.41, 5.74) is 6.88. The summed E-state index contributed by atoms with van der Waals surface area (Å²) >= 11 is 0. The van der Waals surface area contributed by atoms with Crippen molar-refractivity contribution in [1.82, 2.24) is 4.90 Å². The van der Waals surface area contributed by atoms with E-state index in [0.717, 1.165) is 10.5 Å². The Morgan fingerprint density at radius 3 is 2.17 bits per heavy atom. The fourth-order valence-corrected chi connectivity index (χ4v) is 2.68. The molecule has 2 amide bonds. The Hall–Kier alpha value is -3.42. The summed E-state index contributed by atoms with van der Waals surface area (Å²) < 4.78 is 17.6. The Morgan fingerprint density at radius 2 is 1.59 bits per heavy atom. The summed E-state index contributed by atoms with van der Waals surface area (Å²) in [6.45, 7) is 4.83. The number of urea groups is 1. The minimum Gasteiger partial charge on any atom is -0.492 e. The number of nitrogens with zero attached hydrogens (tertiary/aromatic N) is 2. The van der Waals surface area contributed by atoms with Crippen molar-refractivity contribution < 1.29 is 19.0 Å². The molecule has 0 unspecified atom stereocenters. The zero-order chi connectivity index (χ0) is 21.4. The molecular formula is C21H28N4O4. The van der Waals surface area contributed by atoms with Gasteiger partial charge in [-0.05, 0) is 31.5 Å². The molecule has 8 heteroatoms. The molecule has 2 aromatic rings. The van der Waals surface area contributed by atoms with Crippen LogP contribution >= 0.6 is 0 Å². The highest BCUT2D eigenvalue weighted by Crippen LogP contribution is 2.45. The minimum absolute atomic E-state index is 0.347. The standard InChI is InChI=1S/C21H28N4O4/c1-5-27-16-12-13-17(29-14-15-10-8-7-9-11-15)19(28-6-2)18(16)24(3)21(26)25(4)20(22)23/h7-13H,5-6,14H2,1-4H3,(H3,22,23). The average Bonchev–Trinajstić information content (AvgIpc) is 2.72. The zero-order valence-electron chi connectivity index (χ0n) is 17.3. The first-order valence-electron chi connectivity index (χ1n) is 9.35. The van der Waals surface area contributed by atoms with Gasteiger partial charge in [-0.25, -0.2) is 4.79 Å². The van der Waals surface area contributed by atoms with Gasteiger partial charge < -0.3 is 19.9 Å². The van der Waals surface area contributed by atoms with Crippen molar-refractivity contribution in [3.8, 4) is 17.2 Å². The van der Waals surface area contributed by atoms with E-state index < -0.39 is 6.03 Å². The van der Waals surface area contributed by atoms with Crippen LogP contribution in [0.4, 0.5) is 10.5 Å².